The third-order valence-corrected chi connectivity index (χ3v) is 5.91. The molecule has 0 unspecified atom stereocenters. The molecule has 0 aliphatic rings. The lowest BCUT2D eigenvalue weighted by molar-refractivity contribution is 0.0754. The Morgan fingerprint density at radius 1 is 1.16 bits per heavy atom. The van der Waals surface area contributed by atoms with Crippen LogP contribution in [0.4, 0.5) is 0 Å². The summed E-state index contributed by atoms with van der Waals surface area (Å²) in [6, 6.07) is 14.7. The highest BCUT2D eigenvalue weighted by atomic mass is 35.5. The van der Waals surface area contributed by atoms with Crippen LogP contribution in [0.2, 0.25) is 5.02 Å². The molecule has 0 radical (unpaired) electrons. The van der Waals surface area contributed by atoms with Crippen molar-refractivity contribution in [2.75, 3.05) is 14.2 Å². The van der Waals surface area contributed by atoms with Crippen LogP contribution in [0.1, 0.15) is 21.7 Å². The maximum absolute atomic E-state index is 13.4. The van der Waals surface area contributed by atoms with Crippen LogP contribution in [0, 0.1) is 0 Å². The van der Waals surface area contributed by atoms with Gasteiger partial charge in [0.25, 0.3) is 5.91 Å². The Labute approximate surface area is 189 Å². The summed E-state index contributed by atoms with van der Waals surface area (Å²) in [6.45, 7) is 0.327. The summed E-state index contributed by atoms with van der Waals surface area (Å²) in [6.07, 6.45) is 3.39. The highest BCUT2D eigenvalue weighted by molar-refractivity contribution is 7.98. The number of carbonyl (C=O) groups is 1. The molecule has 0 fully saturated rings. The van der Waals surface area contributed by atoms with E-state index >= 15 is 0 Å². The number of furan rings is 1. The van der Waals surface area contributed by atoms with Crippen LogP contribution in [-0.2, 0) is 12.3 Å². The molecular weight excluding hydrogens is 434 g/mol. The van der Waals surface area contributed by atoms with Crippen LogP contribution in [0.25, 0.3) is 11.0 Å². The second-order valence-electron chi connectivity index (χ2n) is 6.84. The quantitative estimate of drug-likeness (QED) is 0.274. The molecule has 0 saturated heterocycles. The van der Waals surface area contributed by atoms with Gasteiger partial charge in [0.2, 0.25) is 0 Å². The van der Waals surface area contributed by atoms with Crippen molar-refractivity contribution in [1.29, 1.82) is 0 Å². The molecule has 158 valence electrons. The van der Waals surface area contributed by atoms with Gasteiger partial charge in [-0.3, -0.25) is 4.79 Å². The SMILES string of the molecule is COc1ccc(Cl)cc1CN(C)C(=O)c1oc2ccccc2c1CSc1ncccn1. The number of amides is 1. The summed E-state index contributed by atoms with van der Waals surface area (Å²) < 4.78 is 11.4. The van der Waals surface area contributed by atoms with Gasteiger partial charge in [0.15, 0.2) is 10.9 Å². The third-order valence-electron chi connectivity index (χ3n) is 4.78. The number of fused-ring (bicyclic) bond motifs is 1. The number of rotatable bonds is 7. The molecule has 4 aromatic rings. The lowest BCUT2D eigenvalue weighted by atomic mass is 10.1. The Morgan fingerprint density at radius 2 is 1.94 bits per heavy atom. The number of para-hydroxylation sites is 1. The zero-order valence-corrected chi connectivity index (χ0v) is 18.6. The van der Waals surface area contributed by atoms with Gasteiger partial charge in [-0.2, -0.15) is 0 Å². The molecule has 0 spiro atoms. The van der Waals surface area contributed by atoms with Crippen molar-refractivity contribution in [2.45, 2.75) is 17.5 Å². The first-order chi connectivity index (χ1) is 15.1. The first-order valence-corrected chi connectivity index (χ1v) is 10.9. The molecule has 2 heterocycles. The second-order valence-corrected chi connectivity index (χ2v) is 8.22. The number of benzene rings is 2. The van der Waals surface area contributed by atoms with Crippen LogP contribution < -0.4 is 4.74 Å². The molecule has 31 heavy (non-hydrogen) atoms. The Balaban J connectivity index is 1.63. The van der Waals surface area contributed by atoms with Gasteiger partial charge in [-0.25, -0.2) is 9.97 Å². The van der Waals surface area contributed by atoms with Crippen molar-refractivity contribution in [2.24, 2.45) is 0 Å². The van der Waals surface area contributed by atoms with Crippen LogP contribution in [0.5, 0.6) is 5.75 Å². The molecule has 2 aromatic heterocycles. The summed E-state index contributed by atoms with van der Waals surface area (Å²) in [5.41, 5.74) is 2.31. The van der Waals surface area contributed by atoms with Gasteiger partial charge in [-0.1, -0.05) is 41.6 Å². The fourth-order valence-corrected chi connectivity index (χ4v) is 4.31. The molecule has 1 amide bonds. The van der Waals surface area contributed by atoms with E-state index in [4.69, 9.17) is 20.8 Å². The topological polar surface area (TPSA) is 68.5 Å². The maximum Gasteiger partial charge on any atom is 0.289 e. The summed E-state index contributed by atoms with van der Waals surface area (Å²) in [5, 5.41) is 2.13. The van der Waals surface area contributed by atoms with Crippen molar-refractivity contribution in [3.8, 4) is 5.75 Å². The average molecular weight is 454 g/mol. The van der Waals surface area contributed by atoms with Crippen molar-refractivity contribution >= 4 is 40.2 Å². The van der Waals surface area contributed by atoms with E-state index in [0.29, 0.717) is 39.6 Å². The summed E-state index contributed by atoms with van der Waals surface area (Å²) >= 11 is 7.60. The van der Waals surface area contributed by atoms with Crippen LogP contribution in [-0.4, -0.2) is 34.9 Å². The predicted molar refractivity (Wildman–Crippen MR) is 122 cm³/mol. The zero-order valence-electron chi connectivity index (χ0n) is 17.0. The Kier molecular flexibility index (Phi) is 6.44. The normalized spacial score (nSPS) is 10.9. The van der Waals surface area contributed by atoms with Crippen molar-refractivity contribution < 1.29 is 13.9 Å². The largest absolute Gasteiger partial charge is 0.496 e. The molecule has 0 saturated carbocycles. The molecule has 4 rings (SSSR count). The zero-order chi connectivity index (χ0) is 21.8. The Hall–Kier alpha value is -3.03. The van der Waals surface area contributed by atoms with Crippen molar-refractivity contribution in [3.05, 3.63) is 82.8 Å². The molecule has 8 heteroatoms. The standard InChI is InChI=1S/C23H20ClN3O3S/c1-27(13-15-12-16(24)8-9-19(15)29-2)22(28)21-18(14-31-23-25-10-5-11-26-23)17-6-3-4-7-20(17)30-21/h3-12H,13-14H2,1-2H3. The van der Waals surface area contributed by atoms with Gasteiger partial charge in [-0.15, -0.1) is 0 Å². The van der Waals surface area contributed by atoms with E-state index < -0.39 is 0 Å². The first kappa shape index (κ1) is 21.2. The lowest BCUT2D eigenvalue weighted by Crippen LogP contribution is -2.26. The van der Waals surface area contributed by atoms with Crippen molar-refractivity contribution in [1.82, 2.24) is 14.9 Å². The molecular formula is C23H20ClN3O3S. The fraction of sp³-hybridized carbons (Fsp3) is 0.174. The minimum atomic E-state index is -0.220. The van der Waals surface area contributed by atoms with Gasteiger partial charge >= 0.3 is 0 Å². The van der Waals surface area contributed by atoms with Crippen LogP contribution in [0.3, 0.4) is 0 Å². The van der Waals surface area contributed by atoms with E-state index in [1.165, 1.54) is 11.8 Å². The van der Waals surface area contributed by atoms with Crippen molar-refractivity contribution in [3.63, 3.8) is 0 Å². The number of hydrogen-bond donors (Lipinski definition) is 0. The summed E-state index contributed by atoms with van der Waals surface area (Å²) in [4.78, 5) is 23.5. The number of halogens is 1. The number of hydrogen-bond acceptors (Lipinski definition) is 6. The molecule has 0 atom stereocenters. The predicted octanol–water partition coefficient (Wildman–Crippen LogP) is 5.45. The van der Waals surface area contributed by atoms with Gasteiger partial charge < -0.3 is 14.1 Å². The molecule has 6 nitrogen and oxygen atoms in total. The van der Waals surface area contributed by atoms with Gasteiger partial charge in [0, 0.05) is 53.3 Å². The molecule has 0 bridgehead atoms. The summed E-state index contributed by atoms with van der Waals surface area (Å²) in [7, 11) is 3.32. The lowest BCUT2D eigenvalue weighted by Gasteiger charge is -2.18. The average Bonchev–Trinajstić information content (AvgIpc) is 3.16. The fourth-order valence-electron chi connectivity index (χ4n) is 3.28. The van der Waals surface area contributed by atoms with Gasteiger partial charge in [-0.05, 0) is 30.3 Å². The number of ether oxygens (including phenoxy) is 1. The van der Waals surface area contributed by atoms with E-state index in [0.717, 1.165) is 16.5 Å². The highest BCUT2D eigenvalue weighted by Gasteiger charge is 2.24. The molecule has 0 N–H and O–H groups in total. The number of thioether (sulfide) groups is 1. The second kappa shape index (κ2) is 9.41. The first-order valence-electron chi connectivity index (χ1n) is 9.55. The minimum absolute atomic E-state index is 0.220. The van der Waals surface area contributed by atoms with E-state index in [-0.39, 0.29) is 5.91 Å². The third kappa shape index (κ3) is 4.68. The van der Waals surface area contributed by atoms with E-state index in [9.17, 15) is 4.79 Å². The van der Waals surface area contributed by atoms with Crippen LogP contribution >= 0.6 is 23.4 Å². The Morgan fingerprint density at radius 3 is 2.71 bits per heavy atom. The smallest absolute Gasteiger partial charge is 0.289 e. The number of nitrogens with zero attached hydrogens (tertiary/aromatic N) is 3. The van der Waals surface area contributed by atoms with E-state index in [2.05, 4.69) is 9.97 Å². The number of aromatic nitrogens is 2. The van der Waals surface area contributed by atoms with E-state index in [1.54, 1.807) is 55.7 Å². The molecule has 0 aliphatic heterocycles. The highest BCUT2D eigenvalue weighted by Crippen LogP contribution is 2.32. The monoisotopic (exact) mass is 453 g/mol. The maximum atomic E-state index is 13.4. The van der Waals surface area contributed by atoms with Gasteiger partial charge in [0.1, 0.15) is 11.3 Å². The molecule has 0 aliphatic carbocycles. The number of methoxy groups -OCH3 is 1. The number of carbonyl (C=O) groups excluding carboxylic acids is 1. The summed E-state index contributed by atoms with van der Waals surface area (Å²) in [5.74, 6) is 1.28. The Bertz CT molecular complexity index is 1210. The van der Waals surface area contributed by atoms with Gasteiger partial charge in [0.05, 0.1) is 7.11 Å². The minimum Gasteiger partial charge on any atom is -0.496 e. The molecule has 2 aromatic carbocycles. The van der Waals surface area contributed by atoms with E-state index in [1.807, 2.05) is 24.3 Å². The van der Waals surface area contributed by atoms with Crippen LogP contribution in [0.15, 0.2) is 70.5 Å².